The van der Waals surface area contributed by atoms with Crippen molar-refractivity contribution in [2.75, 3.05) is 0 Å². The number of unbranched alkanes of at least 4 members (excludes halogenated alkanes) is 1. The van der Waals surface area contributed by atoms with Gasteiger partial charge < -0.3 is 9.84 Å². The smallest absolute Gasteiger partial charge is 0.227 e. The molecule has 0 fully saturated rings. The van der Waals surface area contributed by atoms with Gasteiger partial charge in [-0.1, -0.05) is 49.7 Å². The predicted molar refractivity (Wildman–Crippen MR) is 94.6 cm³/mol. The van der Waals surface area contributed by atoms with Crippen LogP contribution in [0.5, 0.6) is 0 Å². The van der Waals surface area contributed by atoms with Gasteiger partial charge in [-0.15, -0.1) is 0 Å². The summed E-state index contributed by atoms with van der Waals surface area (Å²) in [4.78, 5) is 16.2. The molecule has 1 N–H and O–H groups in total. The maximum atomic E-state index is 11.8. The summed E-state index contributed by atoms with van der Waals surface area (Å²) in [6.45, 7) is 6.23. The van der Waals surface area contributed by atoms with E-state index in [0.717, 1.165) is 18.4 Å². The topological polar surface area (TPSA) is 68.0 Å². The molecule has 0 saturated carbocycles. The van der Waals surface area contributed by atoms with Crippen molar-refractivity contribution in [1.82, 2.24) is 15.5 Å². The second kappa shape index (κ2) is 9.21. The highest BCUT2D eigenvalue weighted by Crippen LogP contribution is 2.18. The Labute approximate surface area is 143 Å². The van der Waals surface area contributed by atoms with Gasteiger partial charge in [-0.05, 0) is 31.7 Å². The third kappa shape index (κ3) is 5.48. The van der Waals surface area contributed by atoms with Gasteiger partial charge in [0.1, 0.15) is 0 Å². The Morgan fingerprint density at radius 1 is 1.21 bits per heavy atom. The number of aromatic nitrogens is 2. The molecule has 5 heteroatoms. The Hall–Kier alpha value is -2.17. The molecule has 1 heterocycles. The van der Waals surface area contributed by atoms with Crippen LogP contribution in [-0.2, 0) is 17.6 Å². The van der Waals surface area contributed by atoms with E-state index in [0.29, 0.717) is 24.6 Å². The van der Waals surface area contributed by atoms with Crippen LogP contribution in [0.15, 0.2) is 28.8 Å². The zero-order valence-corrected chi connectivity index (χ0v) is 14.8. The molecule has 0 radical (unpaired) electrons. The van der Waals surface area contributed by atoms with Gasteiger partial charge in [0.25, 0.3) is 0 Å². The molecule has 1 aromatic heterocycles. The molecule has 1 atom stereocenters. The number of nitrogens with one attached hydrogen (secondary N) is 1. The van der Waals surface area contributed by atoms with E-state index in [1.165, 1.54) is 18.4 Å². The molecule has 24 heavy (non-hydrogen) atoms. The Balaban J connectivity index is 1.89. The van der Waals surface area contributed by atoms with Crippen molar-refractivity contribution in [1.29, 1.82) is 0 Å². The molecule has 5 nitrogen and oxygen atoms in total. The molecule has 0 aliphatic carbocycles. The number of carbonyl (C=O) groups is 1. The van der Waals surface area contributed by atoms with E-state index in [9.17, 15) is 4.79 Å². The Morgan fingerprint density at radius 2 is 1.96 bits per heavy atom. The molecule has 1 aromatic carbocycles. The lowest BCUT2D eigenvalue weighted by atomic mass is 10.1. The monoisotopic (exact) mass is 329 g/mol. The SMILES string of the molecule is CCCCc1ccc(-c2noc(CCC(=O)NC(C)CC)n2)cc1. The lowest BCUT2D eigenvalue weighted by molar-refractivity contribution is -0.121. The van der Waals surface area contributed by atoms with Gasteiger partial charge >= 0.3 is 0 Å². The van der Waals surface area contributed by atoms with Crippen LogP contribution in [0.2, 0.25) is 0 Å². The van der Waals surface area contributed by atoms with Gasteiger partial charge in [0.15, 0.2) is 0 Å². The molecule has 2 aromatic rings. The largest absolute Gasteiger partial charge is 0.354 e. The van der Waals surface area contributed by atoms with Gasteiger partial charge in [0.2, 0.25) is 17.6 Å². The third-order valence-electron chi connectivity index (χ3n) is 4.08. The number of benzene rings is 1. The van der Waals surface area contributed by atoms with Gasteiger partial charge in [-0.3, -0.25) is 4.79 Å². The number of aryl methyl sites for hydroxylation is 2. The first kappa shape index (κ1) is 18.2. The molecule has 130 valence electrons. The molecular formula is C19H27N3O2. The molecule has 0 bridgehead atoms. The summed E-state index contributed by atoms with van der Waals surface area (Å²) in [6.07, 6.45) is 5.24. The Kier molecular flexibility index (Phi) is 6.97. The van der Waals surface area contributed by atoms with Crippen LogP contribution in [0.4, 0.5) is 0 Å². The van der Waals surface area contributed by atoms with Crippen molar-refractivity contribution in [3.8, 4) is 11.4 Å². The summed E-state index contributed by atoms with van der Waals surface area (Å²) in [5, 5.41) is 6.95. The lowest BCUT2D eigenvalue weighted by Crippen LogP contribution is -2.32. The van der Waals surface area contributed by atoms with Crippen molar-refractivity contribution in [2.45, 2.75) is 65.3 Å². The minimum atomic E-state index is 0.0179. The molecule has 0 aliphatic heterocycles. The van der Waals surface area contributed by atoms with Crippen LogP contribution < -0.4 is 5.32 Å². The fourth-order valence-electron chi connectivity index (χ4n) is 2.34. The van der Waals surface area contributed by atoms with Gasteiger partial charge in [-0.25, -0.2) is 0 Å². The second-order valence-corrected chi connectivity index (χ2v) is 6.19. The number of nitrogens with zero attached hydrogens (tertiary/aromatic N) is 2. The van der Waals surface area contributed by atoms with E-state index in [-0.39, 0.29) is 11.9 Å². The molecule has 0 spiro atoms. The summed E-state index contributed by atoms with van der Waals surface area (Å²) >= 11 is 0. The third-order valence-corrected chi connectivity index (χ3v) is 4.08. The summed E-state index contributed by atoms with van der Waals surface area (Å²) in [7, 11) is 0. The first-order valence-corrected chi connectivity index (χ1v) is 8.83. The quantitative estimate of drug-likeness (QED) is 0.757. The lowest BCUT2D eigenvalue weighted by Gasteiger charge is -2.10. The number of hydrogen-bond acceptors (Lipinski definition) is 4. The highest BCUT2D eigenvalue weighted by molar-refractivity contribution is 5.76. The first-order chi connectivity index (χ1) is 11.6. The average molecular weight is 329 g/mol. The van der Waals surface area contributed by atoms with Crippen LogP contribution in [-0.4, -0.2) is 22.1 Å². The Morgan fingerprint density at radius 3 is 2.62 bits per heavy atom. The Bertz CT molecular complexity index is 634. The first-order valence-electron chi connectivity index (χ1n) is 8.83. The van der Waals surface area contributed by atoms with Gasteiger partial charge in [0.05, 0.1) is 0 Å². The highest BCUT2D eigenvalue weighted by atomic mass is 16.5. The second-order valence-electron chi connectivity index (χ2n) is 6.19. The van der Waals surface area contributed by atoms with Crippen molar-refractivity contribution in [3.05, 3.63) is 35.7 Å². The van der Waals surface area contributed by atoms with Crippen molar-refractivity contribution >= 4 is 5.91 Å². The average Bonchev–Trinajstić information content (AvgIpc) is 3.07. The molecule has 2 rings (SSSR count). The van der Waals surface area contributed by atoms with Crippen molar-refractivity contribution in [3.63, 3.8) is 0 Å². The molecule has 1 unspecified atom stereocenters. The van der Waals surface area contributed by atoms with Crippen molar-refractivity contribution < 1.29 is 9.32 Å². The van der Waals surface area contributed by atoms with Crippen LogP contribution in [0.25, 0.3) is 11.4 Å². The number of hydrogen-bond donors (Lipinski definition) is 1. The molecular weight excluding hydrogens is 302 g/mol. The van der Waals surface area contributed by atoms with E-state index in [2.05, 4.69) is 34.5 Å². The summed E-state index contributed by atoms with van der Waals surface area (Å²) in [5.74, 6) is 1.10. The summed E-state index contributed by atoms with van der Waals surface area (Å²) < 4.78 is 5.25. The fraction of sp³-hybridized carbons (Fsp3) is 0.526. The van der Waals surface area contributed by atoms with E-state index in [1.54, 1.807) is 0 Å². The minimum absolute atomic E-state index is 0.0179. The van der Waals surface area contributed by atoms with Crippen molar-refractivity contribution in [2.24, 2.45) is 0 Å². The van der Waals surface area contributed by atoms with Crippen LogP contribution >= 0.6 is 0 Å². The maximum absolute atomic E-state index is 11.8. The van der Waals surface area contributed by atoms with Crippen LogP contribution in [0.1, 0.15) is 57.9 Å². The van der Waals surface area contributed by atoms with Gasteiger partial charge in [-0.2, -0.15) is 4.98 Å². The molecule has 0 saturated heterocycles. The summed E-state index contributed by atoms with van der Waals surface area (Å²) in [6, 6.07) is 8.47. The zero-order chi connectivity index (χ0) is 17.4. The van der Waals surface area contributed by atoms with Crippen LogP contribution in [0.3, 0.4) is 0 Å². The highest BCUT2D eigenvalue weighted by Gasteiger charge is 2.11. The normalized spacial score (nSPS) is 12.1. The van der Waals surface area contributed by atoms with Crippen LogP contribution in [0, 0.1) is 0 Å². The predicted octanol–water partition coefficient (Wildman–Crippen LogP) is 3.93. The minimum Gasteiger partial charge on any atom is -0.354 e. The summed E-state index contributed by atoms with van der Waals surface area (Å²) in [5.41, 5.74) is 2.26. The fourth-order valence-corrected chi connectivity index (χ4v) is 2.34. The maximum Gasteiger partial charge on any atom is 0.227 e. The van der Waals surface area contributed by atoms with Gasteiger partial charge in [0, 0.05) is 24.4 Å². The van der Waals surface area contributed by atoms with E-state index < -0.39 is 0 Å². The number of rotatable bonds is 9. The van der Waals surface area contributed by atoms with E-state index in [4.69, 9.17) is 4.52 Å². The molecule has 0 aliphatic rings. The number of carbonyl (C=O) groups excluding carboxylic acids is 1. The number of amides is 1. The van der Waals surface area contributed by atoms with E-state index >= 15 is 0 Å². The van der Waals surface area contributed by atoms with E-state index in [1.807, 2.05) is 26.0 Å². The molecule has 1 amide bonds. The standard InChI is InChI=1S/C19H27N3O2/c1-4-6-7-15-8-10-16(11-9-15)19-21-18(24-22-19)13-12-17(23)20-14(3)5-2/h8-11,14H,4-7,12-13H2,1-3H3,(H,20,23). The zero-order valence-electron chi connectivity index (χ0n) is 14.8.